The van der Waals surface area contributed by atoms with E-state index in [0.29, 0.717) is 22.4 Å². The molecule has 0 spiro atoms. The van der Waals surface area contributed by atoms with Gasteiger partial charge >= 0.3 is 0 Å². The van der Waals surface area contributed by atoms with Gasteiger partial charge < -0.3 is 14.7 Å². The third kappa shape index (κ3) is 5.03. The van der Waals surface area contributed by atoms with Gasteiger partial charge in [-0.05, 0) is 54.6 Å². The van der Waals surface area contributed by atoms with E-state index < -0.39 is 0 Å². The van der Waals surface area contributed by atoms with Gasteiger partial charge in [-0.1, -0.05) is 49.7 Å². The van der Waals surface area contributed by atoms with Crippen LogP contribution in [0.15, 0.2) is 40.9 Å². The van der Waals surface area contributed by atoms with Crippen LogP contribution in [-0.2, 0) is 11.3 Å². The van der Waals surface area contributed by atoms with Crippen molar-refractivity contribution in [2.45, 2.75) is 52.5 Å². The van der Waals surface area contributed by atoms with Gasteiger partial charge in [0.1, 0.15) is 17.2 Å². The van der Waals surface area contributed by atoms with E-state index in [9.17, 15) is 15.0 Å². The van der Waals surface area contributed by atoms with Gasteiger partial charge in [-0.15, -0.1) is 0 Å². The Bertz CT molecular complexity index is 1130. The number of phenolic OH excluding ortho intramolecular Hbond substituents is 2. The van der Waals surface area contributed by atoms with E-state index in [1.165, 1.54) is 37.8 Å². The Hall–Kier alpha value is -3.32. The largest absolute Gasteiger partial charge is 0.508 e. The van der Waals surface area contributed by atoms with E-state index in [0.717, 1.165) is 25.2 Å². The zero-order valence-electron chi connectivity index (χ0n) is 19.4. The molecule has 4 rings (SSSR count). The number of hydrogen-bond acceptors (Lipinski definition) is 6. The minimum atomic E-state index is -0.279. The van der Waals surface area contributed by atoms with Crippen LogP contribution in [0.5, 0.6) is 11.5 Å². The van der Waals surface area contributed by atoms with Crippen LogP contribution in [-0.4, -0.2) is 39.3 Å². The Kier molecular flexibility index (Phi) is 6.70. The van der Waals surface area contributed by atoms with Gasteiger partial charge in [0.2, 0.25) is 11.8 Å². The van der Waals surface area contributed by atoms with Crippen molar-refractivity contribution in [2.24, 2.45) is 0 Å². The first-order chi connectivity index (χ1) is 15.8. The summed E-state index contributed by atoms with van der Waals surface area (Å²) in [6, 6.07) is 11.2. The van der Waals surface area contributed by atoms with Gasteiger partial charge in [-0.25, -0.2) is 0 Å². The van der Waals surface area contributed by atoms with Gasteiger partial charge in [0.05, 0.1) is 5.56 Å². The van der Waals surface area contributed by atoms with Gasteiger partial charge in [0.15, 0.2) is 0 Å². The molecule has 1 saturated heterocycles. The molecule has 2 aromatic carbocycles. The summed E-state index contributed by atoms with van der Waals surface area (Å²) < 4.78 is 5.49. The summed E-state index contributed by atoms with van der Waals surface area (Å²) in [5, 5.41) is 27.7. The molecule has 1 aromatic heterocycles. The predicted molar refractivity (Wildman–Crippen MR) is 128 cm³/mol. The van der Waals surface area contributed by atoms with Crippen LogP contribution >= 0.6 is 0 Å². The average Bonchev–Trinajstić information content (AvgIpc) is 3.17. The first kappa shape index (κ1) is 22.9. The van der Waals surface area contributed by atoms with Crippen molar-refractivity contribution < 1.29 is 19.5 Å². The molecule has 2 heterocycles. The summed E-state index contributed by atoms with van der Waals surface area (Å²) in [6.45, 7) is 8.49. The molecule has 1 aliphatic heterocycles. The first-order valence-electron chi connectivity index (χ1n) is 11.5. The fraction of sp³-hybridized carbons (Fsp3) is 0.385. The highest BCUT2D eigenvalue weighted by molar-refractivity contribution is 5.97. The molecule has 1 fully saturated rings. The molecule has 0 atom stereocenters. The minimum absolute atomic E-state index is 0.0282. The highest BCUT2D eigenvalue weighted by atomic mass is 16.5. The number of carbonyl (C=O) groups excluding carboxylic acids is 1. The molecule has 0 aliphatic carbocycles. The summed E-state index contributed by atoms with van der Waals surface area (Å²) in [4.78, 5) is 14.3. The maximum absolute atomic E-state index is 11.8. The van der Waals surface area contributed by atoms with Gasteiger partial charge in [0.25, 0.3) is 0 Å². The summed E-state index contributed by atoms with van der Waals surface area (Å²) in [7, 11) is 0. The normalized spacial score (nSPS) is 14.5. The molecule has 3 aromatic rings. The van der Waals surface area contributed by atoms with Crippen LogP contribution in [0.4, 0.5) is 5.88 Å². The number of rotatable bonds is 6. The molecule has 0 saturated carbocycles. The molecule has 0 unspecified atom stereocenters. The van der Waals surface area contributed by atoms with E-state index in [4.69, 9.17) is 4.52 Å². The number of piperidine rings is 1. The first-order valence-corrected chi connectivity index (χ1v) is 11.5. The van der Waals surface area contributed by atoms with E-state index in [1.807, 2.05) is 26.0 Å². The molecule has 1 aliphatic rings. The third-order valence-corrected chi connectivity index (χ3v) is 6.10. The molecular formula is C26H31N3O4. The standard InChI is InChI=1S/C26H31N3O4/c1-16(2)20-13-21(23(32)14-22(20)31)25-24(26(33-28-25)27-17(3)30)19-9-7-18(8-10-19)15-29-11-5-4-6-12-29/h7-10,13-14,16,31-32H,4-6,11-12,15H2,1-3H3,(H,27,30). The third-order valence-electron chi connectivity index (χ3n) is 6.10. The number of phenols is 2. The lowest BCUT2D eigenvalue weighted by molar-refractivity contribution is -0.114. The number of benzene rings is 2. The molecule has 33 heavy (non-hydrogen) atoms. The van der Waals surface area contributed by atoms with E-state index in [1.54, 1.807) is 6.07 Å². The number of hydrogen-bond donors (Lipinski definition) is 3. The van der Waals surface area contributed by atoms with E-state index in [-0.39, 0.29) is 29.2 Å². The van der Waals surface area contributed by atoms with Crippen LogP contribution in [0.2, 0.25) is 0 Å². The van der Waals surface area contributed by atoms with Crippen LogP contribution in [0.1, 0.15) is 57.1 Å². The molecule has 0 radical (unpaired) electrons. The van der Waals surface area contributed by atoms with Gasteiger partial charge in [-0.3, -0.25) is 15.0 Å². The molecule has 174 valence electrons. The highest BCUT2D eigenvalue weighted by Gasteiger charge is 2.24. The summed E-state index contributed by atoms with van der Waals surface area (Å²) >= 11 is 0. The van der Waals surface area contributed by atoms with E-state index >= 15 is 0 Å². The van der Waals surface area contributed by atoms with Crippen molar-refractivity contribution >= 4 is 11.8 Å². The van der Waals surface area contributed by atoms with Crippen molar-refractivity contribution in [2.75, 3.05) is 18.4 Å². The molecular weight excluding hydrogens is 418 g/mol. The Balaban J connectivity index is 1.74. The highest BCUT2D eigenvalue weighted by Crippen LogP contribution is 2.44. The SMILES string of the molecule is CC(=O)Nc1onc(-c2cc(C(C)C)c(O)cc2O)c1-c1ccc(CN2CCCCC2)cc1. The fourth-order valence-corrected chi connectivity index (χ4v) is 4.39. The Morgan fingerprint density at radius 1 is 1.09 bits per heavy atom. The number of aromatic nitrogens is 1. The van der Waals surface area contributed by atoms with Crippen molar-refractivity contribution in [3.05, 3.63) is 47.5 Å². The molecule has 0 bridgehead atoms. The number of aromatic hydroxyl groups is 2. The monoisotopic (exact) mass is 449 g/mol. The van der Waals surface area contributed by atoms with Crippen LogP contribution in [0.25, 0.3) is 22.4 Å². The van der Waals surface area contributed by atoms with Crippen LogP contribution < -0.4 is 5.32 Å². The second kappa shape index (κ2) is 9.67. The summed E-state index contributed by atoms with van der Waals surface area (Å²) in [5.74, 6) is -0.0927. The van der Waals surface area contributed by atoms with Crippen LogP contribution in [0.3, 0.4) is 0 Å². The van der Waals surface area contributed by atoms with Gasteiger partial charge in [-0.2, -0.15) is 0 Å². The number of carbonyl (C=O) groups is 1. The number of nitrogens with zero attached hydrogens (tertiary/aromatic N) is 2. The zero-order valence-corrected chi connectivity index (χ0v) is 19.4. The number of anilines is 1. The lowest BCUT2D eigenvalue weighted by Crippen LogP contribution is -2.28. The quantitative estimate of drug-likeness (QED) is 0.460. The minimum Gasteiger partial charge on any atom is -0.508 e. The second-order valence-corrected chi connectivity index (χ2v) is 9.03. The van der Waals surface area contributed by atoms with Crippen molar-refractivity contribution in [1.82, 2.24) is 10.1 Å². The zero-order chi connectivity index (χ0) is 23.5. The number of amides is 1. The number of likely N-dealkylation sites (tertiary alicyclic amines) is 1. The van der Waals surface area contributed by atoms with E-state index in [2.05, 4.69) is 27.5 Å². The maximum atomic E-state index is 11.8. The fourth-order valence-electron chi connectivity index (χ4n) is 4.39. The van der Waals surface area contributed by atoms with Gasteiger partial charge in [0, 0.05) is 25.1 Å². The smallest absolute Gasteiger partial charge is 0.239 e. The molecule has 3 N–H and O–H groups in total. The van der Waals surface area contributed by atoms with Crippen molar-refractivity contribution in [3.8, 4) is 33.9 Å². The second-order valence-electron chi connectivity index (χ2n) is 9.03. The Morgan fingerprint density at radius 2 is 1.79 bits per heavy atom. The molecule has 1 amide bonds. The Morgan fingerprint density at radius 3 is 2.42 bits per heavy atom. The summed E-state index contributed by atoms with van der Waals surface area (Å²) in [5.41, 5.74) is 4.15. The molecule has 7 nitrogen and oxygen atoms in total. The lowest BCUT2D eigenvalue weighted by atomic mass is 9.94. The average molecular weight is 450 g/mol. The topological polar surface area (TPSA) is 98.8 Å². The number of nitrogens with one attached hydrogen (secondary N) is 1. The predicted octanol–water partition coefficient (Wildman–Crippen LogP) is 5.49. The lowest BCUT2D eigenvalue weighted by Gasteiger charge is -2.26. The molecule has 7 heteroatoms. The summed E-state index contributed by atoms with van der Waals surface area (Å²) in [6.07, 6.45) is 3.80. The van der Waals surface area contributed by atoms with Crippen molar-refractivity contribution in [3.63, 3.8) is 0 Å². The Labute approximate surface area is 194 Å². The van der Waals surface area contributed by atoms with Crippen molar-refractivity contribution in [1.29, 1.82) is 0 Å². The van der Waals surface area contributed by atoms with Crippen LogP contribution in [0, 0.1) is 0 Å². The maximum Gasteiger partial charge on any atom is 0.239 e.